The minimum Gasteiger partial charge on any atom is -0.381 e. The zero-order valence-electron chi connectivity index (χ0n) is 16.6. The number of benzene rings is 2. The molecule has 2 saturated heterocycles. The Balaban J connectivity index is 1.50. The highest BCUT2D eigenvalue weighted by molar-refractivity contribution is 5.94. The average molecular weight is 414 g/mol. The lowest BCUT2D eigenvalue weighted by atomic mass is 9.71. The molecule has 2 amide bonds. The molecule has 2 aromatic rings. The fraction of sp³-hybridized carbons (Fsp3) is 0.391. The van der Waals surface area contributed by atoms with Gasteiger partial charge in [0, 0.05) is 37.4 Å². The van der Waals surface area contributed by atoms with Crippen LogP contribution in [-0.4, -0.2) is 43.0 Å². The molecular weight excluding hydrogens is 390 g/mol. The molecule has 7 heteroatoms. The molecule has 0 bridgehead atoms. The van der Waals surface area contributed by atoms with Gasteiger partial charge in [-0.2, -0.15) is 0 Å². The first-order valence-corrected chi connectivity index (χ1v) is 10.1. The second-order valence-corrected chi connectivity index (χ2v) is 8.10. The SMILES string of the molecule is O=C(Nc1cccc(F)c1)[C@H]1CN(C(=O)Cc2ccc(F)cc2)CC12CCOCC2. The second kappa shape index (κ2) is 8.52. The number of rotatable bonds is 4. The van der Waals surface area contributed by atoms with Gasteiger partial charge in [-0.05, 0) is 48.7 Å². The van der Waals surface area contributed by atoms with Crippen molar-refractivity contribution in [2.75, 3.05) is 31.6 Å². The van der Waals surface area contributed by atoms with Gasteiger partial charge in [-0.25, -0.2) is 8.78 Å². The van der Waals surface area contributed by atoms with Crippen LogP contribution in [0.5, 0.6) is 0 Å². The molecule has 0 unspecified atom stereocenters. The summed E-state index contributed by atoms with van der Waals surface area (Å²) in [7, 11) is 0. The maximum absolute atomic E-state index is 13.5. The molecule has 158 valence electrons. The van der Waals surface area contributed by atoms with Crippen LogP contribution in [-0.2, 0) is 20.7 Å². The molecule has 2 heterocycles. The number of ether oxygens (including phenoxy) is 1. The van der Waals surface area contributed by atoms with E-state index in [4.69, 9.17) is 4.74 Å². The van der Waals surface area contributed by atoms with E-state index in [-0.39, 0.29) is 29.5 Å². The van der Waals surface area contributed by atoms with E-state index in [1.807, 2.05) is 0 Å². The number of anilines is 1. The third kappa shape index (κ3) is 4.36. The molecule has 4 rings (SSSR count). The van der Waals surface area contributed by atoms with Crippen LogP contribution in [0.1, 0.15) is 18.4 Å². The molecule has 0 radical (unpaired) electrons. The molecule has 30 heavy (non-hydrogen) atoms. The quantitative estimate of drug-likeness (QED) is 0.834. The first-order chi connectivity index (χ1) is 14.4. The summed E-state index contributed by atoms with van der Waals surface area (Å²) in [5, 5.41) is 2.81. The van der Waals surface area contributed by atoms with Crippen molar-refractivity contribution in [3.63, 3.8) is 0 Å². The summed E-state index contributed by atoms with van der Waals surface area (Å²) in [6, 6.07) is 11.7. The predicted octanol–water partition coefficient (Wildman–Crippen LogP) is 3.40. The lowest BCUT2D eigenvalue weighted by molar-refractivity contribution is -0.130. The number of nitrogens with one attached hydrogen (secondary N) is 1. The Morgan fingerprint density at radius 1 is 1.07 bits per heavy atom. The summed E-state index contributed by atoms with van der Waals surface area (Å²) in [5.41, 5.74) is 0.780. The Kier molecular flexibility index (Phi) is 5.81. The largest absolute Gasteiger partial charge is 0.381 e. The fourth-order valence-electron chi connectivity index (χ4n) is 4.49. The maximum Gasteiger partial charge on any atom is 0.229 e. The minimum absolute atomic E-state index is 0.0893. The van der Waals surface area contributed by atoms with Gasteiger partial charge in [0.05, 0.1) is 12.3 Å². The molecule has 2 aliphatic rings. The van der Waals surface area contributed by atoms with Gasteiger partial charge in [0.25, 0.3) is 0 Å². The third-order valence-electron chi connectivity index (χ3n) is 6.17. The highest BCUT2D eigenvalue weighted by atomic mass is 19.1. The van der Waals surface area contributed by atoms with Crippen molar-refractivity contribution in [2.24, 2.45) is 11.3 Å². The number of halogens is 2. The van der Waals surface area contributed by atoms with E-state index in [0.29, 0.717) is 44.8 Å². The van der Waals surface area contributed by atoms with Crippen molar-refractivity contribution in [1.82, 2.24) is 4.90 Å². The summed E-state index contributed by atoms with van der Waals surface area (Å²) in [6.07, 6.45) is 1.54. The summed E-state index contributed by atoms with van der Waals surface area (Å²) < 4.78 is 32.1. The molecule has 2 aromatic carbocycles. The predicted molar refractivity (Wildman–Crippen MR) is 108 cm³/mol. The smallest absolute Gasteiger partial charge is 0.229 e. The lowest BCUT2D eigenvalue weighted by Crippen LogP contribution is -2.42. The van der Waals surface area contributed by atoms with E-state index in [1.54, 1.807) is 29.2 Å². The van der Waals surface area contributed by atoms with Gasteiger partial charge in [0.15, 0.2) is 0 Å². The molecule has 0 aliphatic carbocycles. The van der Waals surface area contributed by atoms with Crippen molar-refractivity contribution >= 4 is 17.5 Å². The highest BCUT2D eigenvalue weighted by Gasteiger charge is 2.51. The van der Waals surface area contributed by atoms with Crippen LogP contribution < -0.4 is 5.32 Å². The third-order valence-corrected chi connectivity index (χ3v) is 6.17. The number of amides is 2. The van der Waals surface area contributed by atoms with Crippen molar-refractivity contribution in [3.05, 3.63) is 65.7 Å². The Labute approximate surface area is 174 Å². The summed E-state index contributed by atoms with van der Waals surface area (Å²) in [6.45, 7) is 1.88. The van der Waals surface area contributed by atoms with E-state index in [9.17, 15) is 18.4 Å². The minimum atomic E-state index is -0.420. The van der Waals surface area contributed by atoms with Crippen LogP contribution >= 0.6 is 0 Å². The van der Waals surface area contributed by atoms with Crippen LogP contribution in [0, 0.1) is 23.0 Å². The molecule has 1 atom stereocenters. The molecule has 0 aromatic heterocycles. The van der Waals surface area contributed by atoms with Crippen molar-refractivity contribution in [2.45, 2.75) is 19.3 Å². The van der Waals surface area contributed by atoms with E-state index >= 15 is 0 Å². The summed E-state index contributed by atoms with van der Waals surface area (Å²) >= 11 is 0. The molecule has 5 nitrogen and oxygen atoms in total. The first-order valence-electron chi connectivity index (χ1n) is 10.1. The molecule has 1 N–H and O–H groups in total. The van der Waals surface area contributed by atoms with Crippen molar-refractivity contribution < 1.29 is 23.1 Å². The zero-order chi connectivity index (χ0) is 21.1. The average Bonchev–Trinajstić information content (AvgIpc) is 3.09. The molecule has 1 spiro atoms. The Morgan fingerprint density at radius 2 is 1.80 bits per heavy atom. The summed E-state index contributed by atoms with van der Waals surface area (Å²) in [5.74, 6) is -1.46. The van der Waals surface area contributed by atoms with Crippen LogP contribution in [0.3, 0.4) is 0 Å². The second-order valence-electron chi connectivity index (χ2n) is 8.10. The number of likely N-dealkylation sites (tertiary alicyclic amines) is 1. The normalized spacial score (nSPS) is 20.3. The summed E-state index contributed by atoms with van der Waals surface area (Å²) in [4.78, 5) is 27.8. The molecule has 2 fully saturated rings. The van der Waals surface area contributed by atoms with Crippen LogP contribution in [0.15, 0.2) is 48.5 Å². The number of carbonyl (C=O) groups is 2. The van der Waals surface area contributed by atoms with Crippen LogP contribution in [0.2, 0.25) is 0 Å². The number of carbonyl (C=O) groups excluding carboxylic acids is 2. The standard InChI is InChI=1S/C23H24F2N2O3/c24-17-6-4-16(5-7-17)12-21(28)27-14-20(23(15-27)8-10-30-11-9-23)22(29)26-19-3-1-2-18(25)13-19/h1-7,13,20H,8-12,14-15H2,(H,26,29)/t20-/m1/s1. The Hall–Kier alpha value is -2.80. The van der Waals surface area contributed by atoms with Gasteiger partial charge < -0.3 is 15.0 Å². The van der Waals surface area contributed by atoms with Gasteiger partial charge in [0.1, 0.15) is 11.6 Å². The fourth-order valence-corrected chi connectivity index (χ4v) is 4.49. The van der Waals surface area contributed by atoms with E-state index in [2.05, 4.69) is 5.32 Å². The van der Waals surface area contributed by atoms with Gasteiger partial charge in [-0.1, -0.05) is 18.2 Å². The van der Waals surface area contributed by atoms with Crippen LogP contribution in [0.25, 0.3) is 0 Å². The van der Waals surface area contributed by atoms with Gasteiger partial charge >= 0.3 is 0 Å². The number of hydrogen-bond donors (Lipinski definition) is 1. The maximum atomic E-state index is 13.5. The van der Waals surface area contributed by atoms with Crippen LogP contribution in [0.4, 0.5) is 14.5 Å². The lowest BCUT2D eigenvalue weighted by Gasteiger charge is -2.37. The van der Waals surface area contributed by atoms with Crippen molar-refractivity contribution in [3.8, 4) is 0 Å². The van der Waals surface area contributed by atoms with Crippen molar-refractivity contribution in [1.29, 1.82) is 0 Å². The molecule has 2 aliphatic heterocycles. The van der Waals surface area contributed by atoms with Gasteiger partial charge in [-0.15, -0.1) is 0 Å². The van der Waals surface area contributed by atoms with E-state index < -0.39 is 11.7 Å². The Morgan fingerprint density at radius 3 is 2.50 bits per heavy atom. The monoisotopic (exact) mass is 414 g/mol. The zero-order valence-corrected chi connectivity index (χ0v) is 16.6. The van der Waals surface area contributed by atoms with Gasteiger partial charge in [0.2, 0.25) is 11.8 Å². The topological polar surface area (TPSA) is 58.6 Å². The van der Waals surface area contributed by atoms with Gasteiger partial charge in [-0.3, -0.25) is 9.59 Å². The van der Waals surface area contributed by atoms with E-state index in [0.717, 1.165) is 5.56 Å². The first kappa shape index (κ1) is 20.5. The van der Waals surface area contributed by atoms with E-state index in [1.165, 1.54) is 24.3 Å². The number of nitrogens with zero attached hydrogens (tertiary/aromatic N) is 1. The Bertz CT molecular complexity index is 926. The number of hydrogen-bond acceptors (Lipinski definition) is 3. The molecular formula is C23H24F2N2O3. The highest BCUT2D eigenvalue weighted by Crippen LogP contribution is 2.45. The molecule has 0 saturated carbocycles.